The molecule has 2 aliphatic heterocycles. The molecule has 2 aromatic rings. The number of fused-ring (bicyclic) bond motifs is 1. The normalized spacial score (nSPS) is 18.2. The first-order chi connectivity index (χ1) is 18.9. The first-order valence-electron chi connectivity index (χ1n) is 12.6. The zero-order chi connectivity index (χ0) is 29.2. The summed E-state index contributed by atoms with van der Waals surface area (Å²) in [5.74, 6) is -2.81. The zero-order valence-electron chi connectivity index (χ0n) is 22.0. The molecule has 14 heteroatoms. The molecule has 11 nitrogen and oxygen atoms in total. The van der Waals surface area contributed by atoms with Crippen LogP contribution in [0, 0.1) is 6.92 Å². The monoisotopic (exact) mass is 573 g/mol. The number of alkyl halides is 1. The van der Waals surface area contributed by atoms with Crippen LogP contribution in [-0.4, -0.2) is 86.6 Å². The van der Waals surface area contributed by atoms with Gasteiger partial charge in [0.2, 0.25) is 0 Å². The van der Waals surface area contributed by atoms with Crippen molar-refractivity contribution in [2.24, 2.45) is 0 Å². The number of rotatable bonds is 8. The Morgan fingerprint density at radius 2 is 1.85 bits per heavy atom. The number of benzene rings is 2. The number of sulfone groups is 1. The number of carbonyl (C=O) groups is 4. The highest BCUT2D eigenvalue weighted by Crippen LogP contribution is 2.36. The average Bonchev–Trinajstić information content (AvgIpc) is 2.90. The number of amides is 4. The summed E-state index contributed by atoms with van der Waals surface area (Å²) >= 11 is 0. The Morgan fingerprint density at radius 1 is 1.15 bits per heavy atom. The molecule has 2 atom stereocenters. The number of piperazine rings is 1. The van der Waals surface area contributed by atoms with Crippen molar-refractivity contribution >= 4 is 40.6 Å². The van der Waals surface area contributed by atoms with E-state index in [0.29, 0.717) is 17.1 Å². The topological polar surface area (TPSA) is 150 Å². The maximum absolute atomic E-state index is 13.6. The fourth-order valence-electron chi connectivity index (χ4n) is 4.83. The maximum atomic E-state index is 13.6. The van der Waals surface area contributed by atoms with Crippen molar-refractivity contribution in [1.82, 2.24) is 15.1 Å². The molecular weight excluding hydrogens is 544 g/mol. The average molecular weight is 573 g/mol. The number of ketones is 1. The van der Waals surface area contributed by atoms with E-state index in [2.05, 4.69) is 5.32 Å². The lowest BCUT2D eigenvalue weighted by Crippen LogP contribution is -2.59. The fraction of sp³-hybridized carbons (Fsp3) is 0.385. The van der Waals surface area contributed by atoms with Crippen LogP contribution in [0.2, 0.25) is 5.82 Å². The summed E-state index contributed by atoms with van der Waals surface area (Å²) < 4.78 is 42.2. The van der Waals surface area contributed by atoms with E-state index in [1.807, 2.05) is 25.1 Å². The number of hydrogen-bond acceptors (Lipinski definition) is 8. The third-order valence-corrected chi connectivity index (χ3v) is 8.15. The third-order valence-electron chi connectivity index (χ3n) is 7.02. The van der Waals surface area contributed by atoms with Gasteiger partial charge in [0.25, 0.3) is 0 Å². The lowest BCUT2D eigenvalue weighted by Gasteiger charge is -2.33. The molecule has 1 saturated heterocycles. The van der Waals surface area contributed by atoms with Crippen LogP contribution in [-0.2, 0) is 30.6 Å². The van der Waals surface area contributed by atoms with Gasteiger partial charge in [-0.1, -0.05) is 30.3 Å². The zero-order valence-corrected chi connectivity index (χ0v) is 22.8. The molecule has 0 aromatic heterocycles. The van der Waals surface area contributed by atoms with Gasteiger partial charge in [0.1, 0.15) is 18.5 Å². The van der Waals surface area contributed by atoms with Crippen molar-refractivity contribution in [3.63, 3.8) is 0 Å². The predicted molar refractivity (Wildman–Crippen MR) is 142 cm³/mol. The fourth-order valence-corrected chi connectivity index (χ4v) is 5.46. The van der Waals surface area contributed by atoms with Crippen LogP contribution in [0.5, 0.6) is 5.75 Å². The molecule has 4 amide bonds. The predicted octanol–water partition coefficient (Wildman–Crippen LogP) is 1.23. The van der Waals surface area contributed by atoms with Gasteiger partial charge in [-0.25, -0.2) is 17.6 Å². The Kier molecular flexibility index (Phi) is 8.59. The number of aryl methyl sites for hydroxylation is 1. The number of nitrogens with zero attached hydrogens (tertiary/aromatic N) is 2. The summed E-state index contributed by atoms with van der Waals surface area (Å²) in [7, 11) is -4.82. The van der Waals surface area contributed by atoms with E-state index in [-0.39, 0.29) is 36.5 Å². The van der Waals surface area contributed by atoms with Crippen molar-refractivity contribution in [3.05, 3.63) is 59.2 Å². The first-order valence-corrected chi connectivity index (χ1v) is 14.5. The summed E-state index contributed by atoms with van der Waals surface area (Å²) in [5.41, 5.74) is 1.89. The minimum atomic E-state index is -3.53. The van der Waals surface area contributed by atoms with E-state index in [9.17, 15) is 37.0 Å². The number of carbonyl (C=O) groups excluding carboxylic acids is 4. The van der Waals surface area contributed by atoms with E-state index in [1.54, 1.807) is 0 Å². The number of urea groups is 1. The Balaban J connectivity index is 1.57. The van der Waals surface area contributed by atoms with Gasteiger partial charge in [0.15, 0.2) is 15.6 Å². The summed E-state index contributed by atoms with van der Waals surface area (Å²) in [4.78, 5) is 53.2. The Bertz CT molecular complexity index is 1440. The molecule has 2 aliphatic rings. The van der Waals surface area contributed by atoms with E-state index in [0.717, 1.165) is 22.3 Å². The number of halogens is 1. The van der Waals surface area contributed by atoms with Gasteiger partial charge in [-0.2, -0.15) is 0 Å². The smallest absolute Gasteiger partial charge is 0.526 e. The van der Waals surface area contributed by atoms with Gasteiger partial charge in [-0.15, -0.1) is 0 Å². The second-order valence-electron chi connectivity index (χ2n) is 9.87. The van der Waals surface area contributed by atoms with Gasteiger partial charge in [0, 0.05) is 38.1 Å². The SMILES string of the molecule is Cc1cccc2c1OB(O)[C@@H](CC(=O)C(NC(=O)N1CCN(CCF)C(=O)C1=O)c1ccc(S(C)(=O)=O)cc1)C2. The highest BCUT2D eigenvalue weighted by Gasteiger charge is 2.40. The Labute approximate surface area is 231 Å². The molecule has 2 N–H and O–H groups in total. The van der Waals surface area contributed by atoms with Gasteiger partial charge in [0.05, 0.1) is 4.90 Å². The van der Waals surface area contributed by atoms with E-state index >= 15 is 0 Å². The molecule has 40 heavy (non-hydrogen) atoms. The molecule has 0 saturated carbocycles. The number of nitrogens with one attached hydrogen (secondary N) is 1. The van der Waals surface area contributed by atoms with Crippen LogP contribution in [0.4, 0.5) is 9.18 Å². The summed E-state index contributed by atoms with van der Waals surface area (Å²) in [6.07, 6.45) is 1.15. The Morgan fingerprint density at radius 3 is 2.50 bits per heavy atom. The Hall–Kier alpha value is -3.78. The van der Waals surface area contributed by atoms with Gasteiger partial charge in [-0.3, -0.25) is 19.3 Å². The van der Waals surface area contributed by atoms with Crippen molar-refractivity contribution in [3.8, 4) is 5.75 Å². The summed E-state index contributed by atoms with van der Waals surface area (Å²) in [6.45, 7) is 0.462. The molecule has 1 unspecified atom stereocenters. The lowest BCUT2D eigenvalue weighted by atomic mass is 9.64. The molecular formula is C26H29BFN3O8S. The molecule has 2 heterocycles. The van der Waals surface area contributed by atoms with Gasteiger partial charge < -0.3 is 19.9 Å². The second kappa shape index (κ2) is 11.8. The van der Waals surface area contributed by atoms with Crippen molar-refractivity contribution in [1.29, 1.82) is 0 Å². The van der Waals surface area contributed by atoms with Crippen LogP contribution < -0.4 is 9.97 Å². The van der Waals surface area contributed by atoms with E-state index < -0.39 is 59.1 Å². The number of para-hydroxylation sites is 1. The molecule has 0 aliphatic carbocycles. The third kappa shape index (κ3) is 6.17. The van der Waals surface area contributed by atoms with Crippen LogP contribution in [0.25, 0.3) is 0 Å². The van der Waals surface area contributed by atoms with Crippen LogP contribution in [0.15, 0.2) is 47.4 Å². The number of imide groups is 1. The largest absolute Gasteiger partial charge is 0.536 e. The second-order valence-corrected chi connectivity index (χ2v) is 11.9. The van der Waals surface area contributed by atoms with Crippen molar-refractivity contribution < 1.29 is 41.7 Å². The molecule has 0 bridgehead atoms. The molecule has 0 spiro atoms. The van der Waals surface area contributed by atoms with Crippen LogP contribution in [0.1, 0.15) is 29.2 Å². The molecule has 1 fully saturated rings. The molecule has 2 aromatic carbocycles. The molecule has 0 radical (unpaired) electrons. The van der Waals surface area contributed by atoms with Gasteiger partial charge >= 0.3 is 25.0 Å². The molecule has 212 valence electrons. The summed E-state index contributed by atoms with van der Waals surface area (Å²) in [5, 5.41) is 13.1. The van der Waals surface area contributed by atoms with Crippen LogP contribution in [0.3, 0.4) is 0 Å². The van der Waals surface area contributed by atoms with E-state index in [4.69, 9.17) is 4.65 Å². The highest BCUT2D eigenvalue weighted by molar-refractivity contribution is 7.90. The maximum Gasteiger partial charge on any atom is 0.526 e. The number of hydrogen-bond donors (Lipinski definition) is 2. The van der Waals surface area contributed by atoms with Gasteiger partial charge in [-0.05, 0) is 42.2 Å². The standard InChI is InChI=1S/C26H29BFN3O8S/c1-16-4-3-5-18-14-19(27(36)39-23(16)18)15-21(32)22(17-6-8-20(9-7-17)40(2,37)38)29-26(35)31-13-12-30(11-10-28)24(33)25(31)34/h3-9,19,22,36H,10-15H2,1-2H3,(H,29,35)/t19-,22?/m1/s1. The minimum absolute atomic E-state index is 0.00149. The lowest BCUT2D eigenvalue weighted by molar-refractivity contribution is -0.153. The number of Topliss-reactive ketones (excluding diaryl/α,β-unsaturated/α-hetero) is 1. The van der Waals surface area contributed by atoms with Crippen molar-refractivity contribution in [2.45, 2.75) is 36.5 Å². The van der Waals surface area contributed by atoms with E-state index in [1.165, 1.54) is 24.3 Å². The van der Waals surface area contributed by atoms with Crippen molar-refractivity contribution in [2.75, 3.05) is 32.6 Å². The quantitative estimate of drug-likeness (QED) is 0.354. The summed E-state index contributed by atoms with van der Waals surface area (Å²) in [6, 6.07) is 8.50. The minimum Gasteiger partial charge on any atom is -0.536 e. The highest BCUT2D eigenvalue weighted by atomic mass is 32.2. The van der Waals surface area contributed by atoms with Crippen LogP contribution >= 0.6 is 0 Å². The molecule has 4 rings (SSSR count). The first kappa shape index (κ1) is 29.2.